The van der Waals surface area contributed by atoms with Crippen LogP contribution in [-0.4, -0.2) is 23.8 Å². The van der Waals surface area contributed by atoms with Crippen molar-refractivity contribution >= 4 is 11.8 Å². The maximum Gasteiger partial charge on any atom is 0.339 e. The number of benzene rings is 2. The molecule has 0 unspecified atom stereocenters. The maximum atomic E-state index is 12.7. The number of carbonyl (C=O) groups is 2. The number of hydrogen-bond donors (Lipinski definition) is 1. The van der Waals surface area contributed by atoms with E-state index in [1.165, 1.54) is 7.11 Å². The molecule has 0 saturated carbocycles. The summed E-state index contributed by atoms with van der Waals surface area (Å²) in [5.74, 6) is -0.478. The van der Waals surface area contributed by atoms with Crippen LogP contribution < -0.4 is 0 Å². The molecular weight excluding hydrogens is 314 g/mol. The quantitative estimate of drug-likeness (QED) is 0.562. The van der Waals surface area contributed by atoms with Crippen LogP contribution in [0.25, 0.3) is 11.3 Å². The van der Waals surface area contributed by atoms with Crippen molar-refractivity contribution < 1.29 is 14.3 Å². The third-order valence-electron chi connectivity index (χ3n) is 4.18. The highest BCUT2D eigenvalue weighted by Gasteiger charge is 2.24. The van der Waals surface area contributed by atoms with Crippen LogP contribution in [0.3, 0.4) is 0 Å². The van der Waals surface area contributed by atoms with Crippen molar-refractivity contribution in [2.24, 2.45) is 0 Å². The molecule has 0 atom stereocenters. The zero-order chi connectivity index (χ0) is 17.8. The number of carbonyl (C=O) groups excluding carboxylic acids is 2. The van der Waals surface area contributed by atoms with Gasteiger partial charge in [0.05, 0.1) is 18.4 Å². The van der Waals surface area contributed by atoms with Crippen LogP contribution in [0.2, 0.25) is 0 Å². The number of hydrogen-bond acceptors (Lipinski definition) is 3. The van der Waals surface area contributed by atoms with Gasteiger partial charge in [-0.1, -0.05) is 60.7 Å². The Labute approximate surface area is 146 Å². The Kier molecular flexibility index (Phi) is 4.80. The lowest BCUT2D eigenvalue weighted by Gasteiger charge is -2.07. The molecule has 3 aromatic rings. The monoisotopic (exact) mass is 333 g/mol. The Balaban J connectivity index is 2.09. The van der Waals surface area contributed by atoms with Gasteiger partial charge in [-0.2, -0.15) is 0 Å². The number of H-pyrrole nitrogens is 1. The molecule has 0 aliphatic heterocycles. The number of rotatable bonds is 5. The number of ketones is 1. The zero-order valence-electron chi connectivity index (χ0n) is 14.2. The molecule has 0 spiro atoms. The van der Waals surface area contributed by atoms with E-state index >= 15 is 0 Å². The van der Waals surface area contributed by atoms with Crippen molar-refractivity contribution in [3.8, 4) is 11.3 Å². The van der Waals surface area contributed by atoms with Gasteiger partial charge in [0.2, 0.25) is 0 Å². The number of nitrogens with one attached hydrogen (secondary N) is 1. The highest BCUT2D eigenvalue weighted by atomic mass is 16.5. The molecule has 2 aromatic carbocycles. The first-order valence-electron chi connectivity index (χ1n) is 8.05. The molecule has 0 amide bonds. The number of aromatic amines is 1. The smallest absolute Gasteiger partial charge is 0.339 e. The fourth-order valence-electron chi connectivity index (χ4n) is 2.97. The molecule has 3 rings (SSSR count). The summed E-state index contributed by atoms with van der Waals surface area (Å²) in [6, 6.07) is 18.7. The SMILES string of the molecule is COC(=O)c1c(C)[nH]c(-c2ccccc2)c1CC(=O)c1ccccc1. The highest BCUT2D eigenvalue weighted by molar-refractivity contribution is 6.02. The van der Waals surface area contributed by atoms with Gasteiger partial charge < -0.3 is 9.72 Å². The van der Waals surface area contributed by atoms with Gasteiger partial charge >= 0.3 is 5.97 Å². The van der Waals surface area contributed by atoms with Crippen molar-refractivity contribution in [1.82, 2.24) is 4.98 Å². The van der Waals surface area contributed by atoms with E-state index < -0.39 is 5.97 Å². The normalized spacial score (nSPS) is 10.5. The number of methoxy groups -OCH3 is 1. The molecule has 1 heterocycles. The van der Waals surface area contributed by atoms with Crippen molar-refractivity contribution in [1.29, 1.82) is 0 Å². The first-order valence-corrected chi connectivity index (χ1v) is 8.05. The molecule has 0 aliphatic rings. The van der Waals surface area contributed by atoms with Crippen LogP contribution in [0.15, 0.2) is 60.7 Å². The average Bonchev–Trinajstić information content (AvgIpc) is 2.98. The standard InChI is InChI=1S/C21H19NO3/c1-14-19(21(24)25-2)17(13-18(23)15-9-5-3-6-10-15)20(22-14)16-11-7-4-8-12-16/h3-12,22H,13H2,1-2H3. The predicted octanol–water partition coefficient (Wildman–Crippen LogP) is 4.20. The van der Waals surface area contributed by atoms with Crippen LogP contribution in [0.5, 0.6) is 0 Å². The van der Waals surface area contributed by atoms with E-state index in [9.17, 15) is 9.59 Å². The van der Waals surface area contributed by atoms with E-state index in [1.54, 1.807) is 12.1 Å². The van der Waals surface area contributed by atoms with Crippen LogP contribution in [0.1, 0.15) is 32.0 Å². The van der Waals surface area contributed by atoms with Crippen molar-refractivity contribution in [3.63, 3.8) is 0 Å². The summed E-state index contributed by atoms with van der Waals surface area (Å²) < 4.78 is 4.92. The highest BCUT2D eigenvalue weighted by Crippen LogP contribution is 2.30. The lowest BCUT2D eigenvalue weighted by atomic mass is 9.96. The lowest BCUT2D eigenvalue weighted by Crippen LogP contribution is -2.10. The van der Waals surface area contributed by atoms with E-state index in [0.29, 0.717) is 22.4 Å². The van der Waals surface area contributed by atoms with E-state index in [1.807, 2.05) is 55.5 Å². The van der Waals surface area contributed by atoms with Crippen molar-refractivity contribution in [2.45, 2.75) is 13.3 Å². The fourth-order valence-corrected chi connectivity index (χ4v) is 2.97. The Bertz CT molecular complexity index is 896. The molecule has 1 N–H and O–H groups in total. The van der Waals surface area contributed by atoms with Gasteiger partial charge in [-0.25, -0.2) is 4.79 Å². The van der Waals surface area contributed by atoms with Gasteiger partial charge in [-0.05, 0) is 12.5 Å². The summed E-state index contributed by atoms with van der Waals surface area (Å²) in [6.45, 7) is 1.81. The van der Waals surface area contributed by atoms with Crippen LogP contribution >= 0.6 is 0 Å². The topological polar surface area (TPSA) is 59.2 Å². The molecular formula is C21H19NO3. The summed E-state index contributed by atoms with van der Waals surface area (Å²) in [4.78, 5) is 28.2. The van der Waals surface area contributed by atoms with Gasteiger partial charge in [0.15, 0.2) is 5.78 Å². The number of aromatic nitrogens is 1. The maximum absolute atomic E-state index is 12.7. The molecule has 0 saturated heterocycles. The van der Waals surface area contributed by atoms with Gasteiger partial charge in [-0.3, -0.25) is 4.79 Å². The third kappa shape index (κ3) is 3.38. The summed E-state index contributed by atoms with van der Waals surface area (Å²) in [5, 5.41) is 0. The number of esters is 1. The molecule has 25 heavy (non-hydrogen) atoms. The van der Waals surface area contributed by atoms with Crippen LogP contribution in [-0.2, 0) is 11.2 Å². The van der Waals surface area contributed by atoms with E-state index in [-0.39, 0.29) is 12.2 Å². The minimum absolute atomic E-state index is 0.0399. The molecule has 0 fully saturated rings. The predicted molar refractivity (Wildman–Crippen MR) is 96.8 cm³/mol. The number of Topliss-reactive ketones (excluding diaryl/α,β-unsaturated/α-hetero) is 1. The van der Waals surface area contributed by atoms with E-state index in [4.69, 9.17) is 4.74 Å². The van der Waals surface area contributed by atoms with E-state index in [2.05, 4.69) is 4.98 Å². The zero-order valence-corrected chi connectivity index (χ0v) is 14.2. The van der Waals surface area contributed by atoms with Crippen LogP contribution in [0.4, 0.5) is 0 Å². The molecule has 0 radical (unpaired) electrons. The second-order valence-corrected chi connectivity index (χ2v) is 5.80. The van der Waals surface area contributed by atoms with Gasteiger partial charge in [-0.15, -0.1) is 0 Å². The second-order valence-electron chi connectivity index (χ2n) is 5.80. The summed E-state index contributed by atoms with van der Waals surface area (Å²) in [5.41, 5.74) is 4.13. The van der Waals surface area contributed by atoms with Crippen molar-refractivity contribution in [3.05, 3.63) is 83.0 Å². The fraction of sp³-hybridized carbons (Fsp3) is 0.143. The molecule has 126 valence electrons. The first kappa shape index (κ1) is 16.7. The largest absolute Gasteiger partial charge is 0.465 e. The average molecular weight is 333 g/mol. The summed E-state index contributed by atoms with van der Waals surface area (Å²) in [7, 11) is 1.35. The summed E-state index contributed by atoms with van der Waals surface area (Å²) >= 11 is 0. The van der Waals surface area contributed by atoms with Gasteiger partial charge in [0.25, 0.3) is 0 Å². The molecule has 4 nitrogen and oxygen atoms in total. The Morgan fingerprint density at radius 1 is 0.960 bits per heavy atom. The minimum Gasteiger partial charge on any atom is -0.465 e. The van der Waals surface area contributed by atoms with Gasteiger partial charge in [0.1, 0.15) is 0 Å². The molecule has 0 bridgehead atoms. The third-order valence-corrected chi connectivity index (χ3v) is 4.18. The molecule has 4 heteroatoms. The van der Waals surface area contributed by atoms with Crippen LogP contribution in [0, 0.1) is 6.92 Å². The van der Waals surface area contributed by atoms with Crippen molar-refractivity contribution in [2.75, 3.05) is 7.11 Å². The van der Waals surface area contributed by atoms with Gasteiger partial charge in [0, 0.05) is 23.2 Å². The summed E-state index contributed by atoms with van der Waals surface area (Å²) in [6.07, 6.45) is 0.128. The molecule has 0 aliphatic carbocycles. The Morgan fingerprint density at radius 3 is 2.16 bits per heavy atom. The lowest BCUT2D eigenvalue weighted by molar-refractivity contribution is 0.0599. The second kappa shape index (κ2) is 7.18. The number of aryl methyl sites for hydroxylation is 1. The molecule has 1 aromatic heterocycles. The first-order chi connectivity index (χ1) is 12.1. The Hall–Kier alpha value is -3.14. The van der Waals surface area contributed by atoms with E-state index in [0.717, 1.165) is 11.3 Å². The minimum atomic E-state index is -0.438. The Morgan fingerprint density at radius 2 is 1.56 bits per heavy atom. The number of ether oxygens (including phenoxy) is 1.